The second-order valence-electron chi connectivity index (χ2n) is 5.26. The first-order valence-electron chi connectivity index (χ1n) is 7.03. The lowest BCUT2D eigenvalue weighted by molar-refractivity contribution is -0.384. The molecule has 0 amide bonds. The van der Waals surface area contributed by atoms with Gasteiger partial charge in [-0.3, -0.25) is 10.1 Å². The zero-order chi connectivity index (χ0) is 14.8. The fourth-order valence-electron chi connectivity index (χ4n) is 2.71. The molecule has 2 aromatic rings. The number of anilines is 3. The third kappa shape index (κ3) is 2.67. The van der Waals surface area contributed by atoms with Crippen LogP contribution >= 0.6 is 0 Å². The normalized spacial score (nSPS) is 13.2. The average molecular weight is 283 g/mol. The smallest absolute Gasteiger partial charge is 0.295 e. The first kappa shape index (κ1) is 13.4. The first-order chi connectivity index (χ1) is 10.1. The van der Waals surface area contributed by atoms with Crippen molar-refractivity contribution in [3.63, 3.8) is 0 Å². The van der Waals surface area contributed by atoms with Gasteiger partial charge in [0.15, 0.2) is 0 Å². The number of rotatable bonds is 3. The Morgan fingerprint density at radius 2 is 2.14 bits per heavy atom. The summed E-state index contributed by atoms with van der Waals surface area (Å²) in [5.74, 6) is 0. The third-order valence-corrected chi connectivity index (χ3v) is 3.74. The van der Waals surface area contributed by atoms with Crippen LogP contribution in [0.4, 0.5) is 22.7 Å². The van der Waals surface area contributed by atoms with Crippen LogP contribution in [0, 0.1) is 17.0 Å². The molecular formula is C16H17N3O2. The Kier molecular flexibility index (Phi) is 3.48. The highest BCUT2D eigenvalue weighted by Gasteiger charge is 2.17. The van der Waals surface area contributed by atoms with Gasteiger partial charge in [0, 0.05) is 23.5 Å². The number of nitrogens with one attached hydrogen (secondary N) is 2. The Balaban J connectivity index is 1.94. The number of nitro benzene ring substituents is 1. The van der Waals surface area contributed by atoms with E-state index in [1.165, 1.54) is 5.56 Å². The van der Waals surface area contributed by atoms with E-state index in [0.29, 0.717) is 11.3 Å². The van der Waals surface area contributed by atoms with Crippen molar-refractivity contribution >= 4 is 22.7 Å². The van der Waals surface area contributed by atoms with Crippen LogP contribution in [0.2, 0.25) is 0 Å². The molecule has 108 valence electrons. The SMILES string of the molecule is Cc1cccc(Nc2ccc3c(c2)CCCN3)c1[N+](=O)[O-]. The van der Waals surface area contributed by atoms with Crippen molar-refractivity contribution in [2.24, 2.45) is 0 Å². The molecule has 0 aromatic heterocycles. The molecule has 1 aliphatic heterocycles. The summed E-state index contributed by atoms with van der Waals surface area (Å²) in [5.41, 5.74) is 4.61. The summed E-state index contributed by atoms with van der Waals surface area (Å²) in [7, 11) is 0. The van der Waals surface area contributed by atoms with E-state index in [0.717, 1.165) is 30.8 Å². The van der Waals surface area contributed by atoms with Gasteiger partial charge in [-0.1, -0.05) is 12.1 Å². The number of nitrogens with zero attached hydrogens (tertiary/aromatic N) is 1. The Bertz CT molecular complexity index is 698. The highest BCUT2D eigenvalue weighted by atomic mass is 16.6. The summed E-state index contributed by atoms with van der Waals surface area (Å²) < 4.78 is 0. The van der Waals surface area contributed by atoms with Crippen LogP contribution in [-0.4, -0.2) is 11.5 Å². The van der Waals surface area contributed by atoms with Crippen LogP contribution in [0.5, 0.6) is 0 Å². The number of fused-ring (bicyclic) bond motifs is 1. The van der Waals surface area contributed by atoms with E-state index in [9.17, 15) is 10.1 Å². The fourth-order valence-corrected chi connectivity index (χ4v) is 2.71. The van der Waals surface area contributed by atoms with Crippen LogP contribution in [0.15, 0.2) is 36.4 Å². The number of benzene rings is 2. The van der Waals surface area contributed by atoms with Gasteiger partial charge in [-0.05, 0) is 49.6 Å². The molecule has 21 heavy (non-hydrogen) atoms. The second kappa shape index (κ2) is 5.44. The topological polar surface area (TPSA) is 67.2 Å². The van der Waals surface area contributed by atoms with Gasteiger partial charge in [-0.2, -0.15) is 0 Å². The molecule has 0 aliphatic carbocycles. The van der Waals surface area contributed by atoms with Crippen LogP contribution < -0.4 is 10.6 Å². The Labute approximate surface area is 123 Å². The molecule has 0 unspecified atom stereocenters. The van der Waals surface area contributed by atoms with Crippen LogP contribution in [0.25, 0.3) is 0 Å². The number of hydrogen-bond acceptors (Lipinski definition) is 4. The quantitative estimate of drug-likeness (QED) is 0.660. The lowest BCUT2D eigenvalue weighted by Gasteiger charge is -2.19. The molecule has 0 bridgehead atoms. The molecule has 5 heteroatoms. The second-order valence-corrected chi connectivity index (χ2v) is 5.26. The summed E-state index contributed by atoms with van der Waals surface area (Å²) in [5, 5.41) is 17.8. The van der Waals surface area contributed by atoms with Gasteiger partial charge in [-0.15, -0.1) is 0 Å². The predicted octanol–water partition coefficient (Wildman–Crippen LogP) is 4.00. The van der Waals surface area contributed by atoms with Gasteiger partial charge in [0.25, 0.3) is 5.69 Å². The van der Waals surface area contributed by atoms with Crippen molar-refractivity contribution in [1.29, 1.82) is 0 Å². The Morgan fingerprint density at radius 1 is 1.29 bits per heavy atom. The molecule has 2 aromatic carbocycles. The summed E-state index contributed by atoms with van der Waals surface area (Å²) in [6, 6.07) is 11.3. The van der Waals surface area contributed by atoms with E-state index in [4.69, 9.17) is 0 Å². The van der Waals surface area contributed by atoms with Crippen LogP contribution in [-0.2, 0) is 6.42 Å². The minimum Gasteiger partial charge on any atom is -0.385 e. The van der Waals surface area contributed by atoms with E-state index in [1.54, 1.807) is 19.1 Å². The first-order valence-corrected chi connectivity index (χ1v) is 7.03. The molecule has 0 fully saturated rings. The summed E-state index contributed by atoms with van der Waals surface area (Å²) in [6.45, 7) is 2.75. The van der Waals surface area contributed by atoms with Crippen molar-refractivity contribution in [3.8, 4) is 0 Å². The van der Waals surface area contributed by atoms with Crippen molar-refractivity contribution in [3.05, 3.63) is 57.6 Å². The number of hydrogen-bond donors (Lipinski definition) is 2. The lowest BCUT2D eigenvalue weighted by Crippen LogP contribution is -2.11. The Morgan fingerprint density at radius 3 is 2.95 bits per heavy atom. The monoisotopic (exact) mass is 283 g/mol. The van der Waals surface area contributed by atoms with Crippen LogP contribution in [0.3, 0.4) is 0 Å². The summed E-state index contributed by atoms with van der Waals surface area (Å²) in [4.78, 5) is 10.9. The van der Waals surface area contributed by atoms with Crippen molar-refractivity contribution in [1.82, 2.24) is 0 Å². The zero-order valence-corrected chi connectivity index (χ0v) is 11.8. The highest BCUT2D eigenvalue weighted by Crippen LogP contribution is 2.32. The van der Waals surface area contributed by atoms with E-state index >= 15 is 0 Å². The molecular weight excluding hydrogens is 266 g/mol. The lowest BCUT2D eigenvalue weighted by atomic mass is 10.0. The molecule has 1 aliphatic rings. The minimum absolute atomic E-state index is 0.133. The number of aryl methyl sites for hydroxylation is 2. The van der Waals surface area contributed by atoms with Crippen molar-refractivity contribution in [2.75, 3.05) is 17.2 Å². The largest absolute Gasteiger partial charge is 0.385 e. The van der Waals surface area contributed by atoms with Gasteiger partial charge < -0.3 is 10.6 Å². The predicted molar refractivity (Wildman–Crippen MR) is 84.4 cm³/mol. The molecule has 0 atom stereocenters. The molecule has 0 radical (unpaired) electrons. The third-order valence-electron chi connectivity index (χ3n) is 3.74. The minimum atomic E-state index is -0.336. The number of para-hydroxylation sites is 1. The number of nitro groups is 1. The molecule has 0 spiro atoms. The van der Waals surface area contributed by atoms with E-state index in [2.05, 4.69) is 16.7 Å². The van der Waals surface area contributed by atoms with Crippen molar-refractivity contribution < 1.29 is 4.92 Å². The standard InChI is InChI=1S/C16H17N3O2/c1-11-4-2-6-15(16(11)19(20)21)18-13-7-8-14-12(10-13)5-3-9-17-14/h2,4,6-8,10,17-18H,3,5,9H2,1H3. The summed E-state index contributed by atoms with van der Waals surface area (Å²) >= 11 is 0. The fraction of sp³-hybridized carbons (Fsp3) is 0.250. The Hall–Kier alpha value is -2.56. The van der Waals surface area contributed by atoms with Crippen molar-refractivity contribution in [2.45, 2.75) is 19.8 Å². The van der Waals surface area contributed by atoms with E-state index < -0.39 is 0 Å². The summed E-state index contributed by atoms with van der Waals surface area (Å²) in [6.07, 6.45) is 2.15. The van der Waals surface area contributed by atoms with Crippen LogP contribution in [0.1, 0.15) is 17.5 Å². The molecule has 2 N–H and O–H groups in total. The van der Waals surface area contributed by atoms with Gasteiger partial charge in [0.1, 0.15) is 5.69 Å². The van der Waals surface area contributed by atoms with Gasteiger partial charge in [0.2, 0.25) is 0 Å². The van der Waals surface area contributed by atoms with E-state index in [1.807, 2.05) is 18.2 Å². The zero-order valence-electron chi connectivity index (χ0n) is 11.8. The molecule has 0 saturated carbocycles. The maximum Gasteiger partial charge on any atom is 0.295 e. The molecule has 5 nitrogen and oxygen atoms in total. The maximum atomic E-state index is 11.2. The maximum absolute atomic E-state index is 11.2. The molecule has 3 rings (SSSR count). The average Bonchev–Trinajstić information content (AvgIpc) is 2.47. The molecule has 0 saturated heterocycles. The van der Waals surface area contributed by atoms with Gasteiger partial charge in [-0.25, -0.2) is 0 Å². The van der Waals surface area contributed by atoms with Gasteiger partial charge >= 0.3 is 0 Å². The van der Waals surface area contributed by atoms with Gasteiger partial charge in [0.05, 0.1) is 4.92 Å². The molecule has 1 heterocycles. The highest BCUT2D eigenvalue weighted by molar-refractivity contribution is 5.73. The van der Waals surface area contributed by atoms with E-state index in [-0.39, 0.29) is 10.6 Å².